The van der Waals surface area contributed by atoms with Crippen molar-refractivity contribution in [2.45, 2.75) is 25.5 Å². The minimum Gasteiger partial charge on any atom is -0.489 e. The molecule has 1 unspecified atom stereocenters. The molecule has 2 aromatic rings. The highest BCUT2D eigenvalue weighted by molar-refractivity contribution is 5.82. The van der Waals surface area contributed by atoms with Crippen LogP contribution in [0.3, 0.4) is 0 Å². The molecule has 0 saturated heterocycles. The molecule has 6 rings (SSSR count). The van der Waals surface area contributed by atoms with Crippen LogP contribution in [0.15, 0.2) is 101 Å². The summed E-state index contributed by atoms with van der Waals surface area (Å²) in [5.74, 6) is 1.59. The number of anilines is 1. The second kappa shape index (κ2) is 9.05. The Morgan fingerprint density at radius 3 is 2.71 bits per heavy atom. The fraction of sp³-hybridized carbons (Fsp3) is 0.286. The minimum atomic E-state index is 0.411. The van der Waals surface area contributed by atoms with Gasteiger partial charge in [0.05, 0.1) is 30.3 Å². The minimum absolute atomic E-state index is 0.411. The van der Waals surface area contributed by atoms with Gasteiger partial charge in [-0.2, -0.15) is 0 Å². The monoisotopic (exact) mass is 452 g/mol. The Labute approximate surface area is 201 Å². The molecule has 0 aromatic heterocycles. The van der Waals surface area contributed by atoms with Crippen molar-refractivity contribution >= 4 is 18.2 Å². The van der Waals surface area contributed by atoms with Crippen LogP contribution < -0.4 is 9.75 Å². The number of aliphatic imine (C=N–C) groups is 2. The van der Waals surface area contributed by atoms with E-state index in [1.54, 1.807) is 0 Å². The number of quaternary nitrogens is 1. The third-order valence-electron chi connectivity index (χ3n) is 7.10. The number of benzene rings is 2. The smallest absolute Gasteiger partial charge is 0.225 e. The first-order chi connectivity index (χ1) is 16.8. The summed E-state index contributed by atoms with van der Waals surface area (Å²) in [4.78, 5) is 11.4. The Morgan fingerprint density at radius 1 is 1.00 bits per heavy atom. The second-order valence-electron chi connectivity index (χ2n) is 9.43. The maximum Gasteiger partial charge on any atom is 0.225 e. The van der Waals surface area contributed by atoms with Gasteiger partial charge in [-0.1, -0.05) is 48.6 Å². The molecule has 3 aliphatic heterocycles. The summed E-state index contributed by atoms with van der Waals surface area (Å²) in [6.45, 7) is 3.90. The van der Waals surface area contributed by atoms with Crippen molar-refractivity contribution in [1.82, 2.24) is 4.90 Å². The lowest BCUT2D eigenvalue weighted by molar-refractivity contribution is -0.747. The molecule has 3 heterocycles. The van der Waals surface area contributed by atoms with Gasteiger partial charge in [0.2, 0.25) is 12.0 Å². The van der Waals surface area contributed by atoms with Crippen LogP contribution in [0.2, 0.25) is 0 Å². The van der Waals surface area contributed by atoms with Crippen LogP contribution in [0.25, 0.3) is 0 Å². The van der Waals surface area contributed by atoms with Gasteiger partial charge in [-0.05, 0) is 36.5 Å². The third-order valence-corrected chi connectivity index (χ3v) is 7.10. The van der Waals surface area contributed by atoms with E-state index in [2.05, 4.69) is 68.6 Å². The number of rotatable bonds is 8. The molecule has 0 N–H and O–H groups in total. The summed E-state index contributed by atoms with van der Waals surface area (Å²) in [6, 6.07) is 19.2. The number of ether oxygens (including phenoxy) is 1. The SMILES string of the molecule is C1=CCN(CC2CC(N(c3cccc(OCc4ccccc4)c3)[N+]34C=CN=CC3=CN=C4)C2)C1. The average molecular weight is 453 g/mol. The van der Waals surface area contributed by atoms with Crippen LogP contribution in [-0.4, -0.2) is 47.7 Å². The van der Waals surface area contributed by atoms with E-state index in [0.29, 0.717) is 17.2 Å². The van der Waals surface area contributed by atoms with Crippen LogP contribution in [0.1, 0.15) is 18.4 Å². The molecule has 1 fully saturated rings. The summed E-state index contributed by atoms with van der Waals surface area (Å²) in [5.41, 5.74) is 3.36. The van der Waals surface area contributed by atoms with E-state index >= 15 is 0 Å². The van der Waals surface area contributed by atoms with Crippen LogP contribution in [-0.2, 0) is 6.61 Å². The Morgan fingerprint density at radius 2 is 1.85 bits per heavy atom. The summed E-state index contributed by atoms with van der Waals surface area (Å²) in [7, 11) is 0. The van der Waals surface area contributed by atoms with Crippen molar-refractivity contribution in [2.24, 2.45) is 15.9 Å². The first kappa shape index (κ1) is 21.1. The topological polar surface area (TPSA) is 40.4 Å². The molecule has 1 atom stereocenters. The third kappa shape index (κ3) is 4.00. The molecule has 0 bridgehead atoms. The molecule has 1 saturated carbocycles. The average Bonchev–Trinajstić information content (AvgIpc) is 3.52. The molecule has 1 aliphatic carbocycles. The van der Waals surface area contributed by atoms with Gasteiger partial charge in [0.15, 0.2) is 6.20 Å². The zero-order valence-electron chi connectivity index (χ0n) is 19.3. The van der Waals surface area contributed by atoms with Crippen LogP contribution in [0.5, 0.6) is 5.75 Å². The highest BCUT2D eigenvalue weighted by Gasteiger charge is 2.49. The number of hydrogen-bond donors (Lipinski definition) is 0. The molecule has 6 heteroatoms. The van der Waals surface area contributed by atoms with Gasteiger partial charge in [-0.25, -0.2) is 10.0 Å². The van der Waals surface area contributed by atoms with Crippen molar-refractivity contribution < 1.29 is 9.33 Å². The molecule has 172 valence electrons. The largest absolute Gasteiger partial charge is 0.489 e. The maximum atomic E-state index is 6.18. The van der Waals surface area contributed by atoms with E-state index in [1.165, 1.54) is 6.54 Å². The Balaban J connectivity index is 1.25. The van der Waals surface area contributed by atoms with Gasteiger partial charge < -0.3 is 4.74 Å². The Hall–Kier alpha value is -3.48. The molecule has 2 aromatic carbocycles. The quantitative estimate of drug-likeness (QED) is 0.423. The fourth-order valence-corrected chi connectivity index (χ4v) is 5.35. The Bertz CT molecular complexity index is 1170. The second-order valence-corrected chi connectivity index (χ2v) is 9.43. The normalized spacial score (nSPS) is 26.9. The van der Waals surface area contributed by atoms with Crippen molar-refractivity contribution in [1.29, 1.82) is 0 Å². The molecule has 0 radical (unpaired) electrons. The van der Waals surface area contributed by atoms with E-state index in [0.717, 1.165) is 54.5 Å². The molecule has 0 amide bonds. The number of allylic oxidation sites excluding steroid dienone is 1. The van der Waals surface area contributed by atoms with Crippen LogP contribution in [0.4, 0.5) is 5.69 Å². The van der Waals surface area contributed by atoms with Gasteiger partial charge >= 0.3 is 0 Å². The van der Waals surface area contributed by atoms with E-state index in [4.69, 9.17) is 4.74 Å². The first-order valence-electron chi connectivity index (χ1n) is 12.1. The van der Waals surface area contributed by atoms with E-state index in [9.17, 15) is 0 Å². The van der Waals surface area contributed by atoms with Crippen molar-refractivity contribution in [3.05, 3.63) is 96.6 Å². The van der Waals surface area contributed by atoms with Crippen LogP contribution >= 0.6 is 0 Å². The standard InChI is InChI=1S/C28H30N5O/c1-2-7-23(8-3-1)21-34-28-10-6-9-25(17-28)32(33-14-11-29-18-27(33)19-30-22-33)26-15-24(16-26)20-31-12-4-5-13-31/h1-11,14,17-19,22,24,26H,12-13,15-16,20-21H2/q+1. The van der Waals surface area contributed by atoms with Gasteiger partial charge in [0.25, 0.3) is 0 Å². The number of fused-ring (bicyclic) bond motifs is 1. The number of nitrogens with zero attached hydrogens (tertiary/aromatic N) is 5. The molecule has 4 aliphatic rings. The molecule has 0 spiro atoms. The van der Waals surface area contributed by atoms with Crippen LogP contribution in [0, 0.1) is 5.92 Å². The fourth-order valence-electron chi connectivity index (χ4n) is 5.35. The Kier molecular flexibility index (Phi) is 5.61. The predicted octanol–water partition coefficient (Wildman–Crippen LogP) is 4.89. The summed E-state index contributed by atoms with van der Waals surface area (Å²) < 4.78 is 6.63. The van der Waals surface area contributed by atoms with E-state index < -0.39 is 0 Å². The highest BCUT2D eigenvalue weighted by Crippen LogP contribution is 2.42. The summed E-state index contributed by atoms with van der Waals surface area (Å²) in [5, 5.41) is 2.48. The van der Waals surface area contributed by atoms with Gasteiger partial charge in [-0.15, -0.1) is 4.59 Å². The lowest BCUT2D eigenvalue weighted by atomic mass is 9.79. The zero-order chi connectivity index (χ0) is 22.8. The highest BCUT2D eigenvalue weighted by atomic mass is 16.5. The zero-order valence-corrected chi connectivity index (χ0v) is 19.3. The van der Waals surface area contributed by atoms with Gasteiger partial charge in [0.1, 0.15) is 12.4 Å². The van der Waals surface area contributed by atoms with E-state index in [-0.39, 0.29) is 0 Å². The van der Waals surface area contributed by atoms with Gasteiger partial charge in [0, 0.05) is 25.7 Å². The number of hydrogen-bond acceptors (Lipinski definition) is 5. The van der Waals surface area contributed by atoms with Gasteiger partial charge in [-0.3, -0.25) is 9.89 Å². The molecule has 6 nitrogen and oxygen atoms in total. The lowest BCUT2D eigenvalue weighted by Gasteiger charge is -2.49. The predicted molar refractivity (Wildman–Crippen MR) is 136 cm³/mol. The lowest BCUT2D eigenvalue weighted by Crippen LogP contribution is -2.63. The first-order valence-corrected chi connectivity index (χ1v) is 12.1. The van der Waals surface area contributed by atoms with E-state index in [1.807, 2.05) is 49.2 Å². The van der Waals surface area contributed by atoms with Crippen molar-refractivity contribution in [3.8, 4) is 5.75 Å². The summed E-state index contributed by atoms with van der Waals surface area (Å²) >= 11 is 0. The van der Waals surface area contributed by atoms with Crippen molar-refractivity contribution in [3.63, 3.8) is 0 Å². The van der Waals surface area contributed by atoms with Crippen molar-refractivity contribution in [2.75, 3.05) is 24.6 Å². The molecule has 34 heavy (non-hydrogen) atoms. The molecular formula is C28H30N5O+. The summed E-state index contributed by atoms with van der Waals surface area (Å²) in [6.07, 6.45) is 16.7. The maximum absolute atomic E-state index is 6.18. The molecular weight excluding hydrogens is 422 g/mol.